The third kappa shape index (κ3) is 17.3. The van der Waals surface area contributed by atoms with Crippen molar-refractivity contribution < 1.29 is 0 Å². The van der Waals surface area contributed by atoms with Gasteiger partial charge in [-0.05, 0) is 71.8 Å². The maximum atomic E-state index is 4.15. The molecule has 6 aromatic carbocycles. The third-order valence-electron chi connectivity index (χ3n) is 9.36. The first-order chi connectivity index (χ1) is 33.8. The summed E-state index contributed by atoms with van der Waals surface area (Å²) in [5.41, 5.74) is 11.9. The van der Waals surface area contributed by atoms with Crippen LogP contribution in [0.5, 0.6) is 0 Å². The third-order valence-corrected chi connectivity index (χ3v) is 9.36. The number of nitrogens with zero attached hydrogens (tertiary/aromatic N) is 4. The van der Waals surface area contributed by atoms with Crippen molar-refractivity contribution >= 4 is 43.6 Å². The summed E-state index contributed by atoms with van der Waals surface area (Å²) in [6.07, 6.45) is 7.33. The fourth-order valence-electron chi connectivity index (χ4n) is 7.12. The quantitative estimate of drug-likeness (QED) is 0.176. The van der Waals surface area contributed by atoms with Gasteiger partial charge in [0.05, 0.1) is 22.1 Å². The molecular formula is C66H94N4. The van der Waals surface area contributed by atoms with Crippen LogP contribution in [-0.4, -0.2) is 19.1 Å². The van der Waals surface area contributed by atoms with Crippen molar-refractivity contribution in [2.24, 2.45) is 0 Å². The molecule has 0 bridgehead atoms. The molecule has 0 aliphatic carbocycles. The Morgan fingerprint density at radius 1 is 0.257 bits per heavy atom. The fourth-order valence-corrected chi connectivity index (χ4v) is 7.12. The van der Waals surface area contributed by atoms with Gasteiger partial charge in [0.25, 0.3) is 0 Å². The first-order valence-electron chi connectivity index (χ1n) is 25.8. The van der Waals surface area contributed by atoms with Gasteiger partial charge in [0.2, 0.25) is 0 Å². The molecule has 0 fully saturated rings. The van der Waals surface area contributed by atoms with E-state index in [0.717, 1.165) is 11.1 Å². The highest BCUT2D eigenvalue weighted by Crippen LogP contribution is 2.35. The Morgan fingerprint density at radius 3 is 0.786 bits per heavy atom. The average Bonchev–Trinajstić information content (AvgIpc) is 4.00. The van der Waals surface area contributed by atoms with E-state index in [1.54, 1.807) is 12.4 Å². The molecule has 0 unspecified atom stereocenters. The van der Waals surface area contributed by atoms with Gasteiger partial charge >= 0.3 is 0 Å². The van der Waals surface area contributed by atoms with Crippen molar-refractivity contribution in [1.29, 1.82) is 0 Å². The Bertz CT molecular complexity index is 2470. The molecule has 0 saturated carbocycles. The number of hydrogen-bond donors (Lipinski definition) is 0. The van der Waals surface area contributed by atoms with E-state index >= 15 is 0 Å². The highest BCUT2D eigenvalue weighted by molar-refractivity contribution is 6.10. The van der Waals surface area contributed by atoms with E-state index in [-0.39, 0.29) is 14.9 Å². The number of pyridine rings is 2. The molecule has 0 aliphatic heterocycles. The zero-order chi connectivity index (χ0) is 51.3. The van der Waals surface area contributed by atoms with Crippen LogP contribution in [0, 0.1) is 0 Å². The molecule has 4 heteroatoms. The minimum atomic E-state index is 0. The number of fused-ring (bicyclic) bond motifs is 6. The molecule has 4 nitrogen and oxygen atoms in total. The predicted molar refractivity (Wildman–Crippen MR) is 324 cm³/mol. The van der Waals surface area contributed by atoms with Crippen LogP contribution in [0.1, 0.15) is 139 Å². The molecule has 0 aliphatic rings. The van der Waals surface area contributed by atoms with Crippen LogP contribution >= 0.6 is 0 Å². The summed E-state index contributed by atoms with van der Waals surface area (Å²) in [6.45, 7) is 36.0. The van der Waals surface area contributed by atoms with Gasteiger partial charge in [-0.25, -0.2) is 0 Å². The first-order valence-corrected chi connectivity index (χ1v) is 25.8. The van der Waals surface area contributed by atoms with Crippen LogP contribution in [0.4, 0.5) is 0 Å². The molecule has 0 radical (unpaired) electrons. The summed E-state index contributed by atoms with van der Waals surface area (Å²) < 4.78 is 4.75. The summed E-state index contributed by atoms with van der Waals surface area (Å²) in [6, 6.07) is 60.0. The molecule has 378 valence electrons. The van der Waals surface area contributed by atoms with Crippen molar-refractivity contribution in [3.63, 3.8) is 0 Å². The van der Waals surface area contributed by atoms with Gasteiger partial charge in [-0.3, -0.25) is 9.97 Å². The van der Waals surface area contributed by atoms with Gasteiger partial charge in [-0.15, -0.1) is 0 Å². The maximum Gasteiger partial charge on any atom is 0.0541 e. The fraction of sp³-hybridized carbons (Fsp3) is 0.303. The van der Waals surface area contributed by atoms with E-state index in [1.807, 2.05) is 149 Å². The van der Waals surface area contributed by atoms with Crippen LogP contribution in [0.3, 0.4) is 0 Å². The van der Waals surface area contributed by atoms with Gasteiger partial charge < -0.3 is 9.13 Å². The molecule has 0 saturated heterocycles. The molecular weight excluding hydrogens is 849 g/mol. The summed E-state index contributed by atoms with van der Waals surface area (Å²) in [5.74, 6) is 0. The molecule has 10 rings (SSSR count). The molecule has 70 heavy (non-hydrogen) atoms. The molecule has 4 heterocycles. The Hall–Kier alpha value is -6.78. The molecule has 0 amide bonds. The maximum absolute atomic E-state index is 4.15. The summed E-state index contributed by atoms with van der Waals surface area (Å²) in [4.78, 5) is 8.30. The minimum absolute atomic E-state index is 0. The topological polar surface area (TPSA) is 35.6 Å². The van der Waals surface area contributed by atoms with E-state index in [0.29, 0.717) is 0 Å². The number of benzene rings is 6. The van der Waals surface area contributed by atoms with E-state index in [9.17, 15) is 0 Å². The van der Waals surface area contributed by atoms with Crippen LogP contribution in [0.25, 0.3) is 77.2 Å². The van der Waals surface area contributed by atoms with Gasteiger partial charge in [0.15, 0.2) is 0 Å². The van der Waals surface area contributed by atoms with Crippen LogP contribution in [-0.2, 0) is 0 Å². The Kier molecular flexibility index (Phi) is 39.7. The van der Waals surface area contributed by atoms with E-state index < -0.39 is 0 Å². The highest BCUT2D eigenvalue weighted by Gasteiger charge is 2.15. The largest absolute Gasteiger partial charge is 0.309 e. The second-order valence-corrected chi connectivity index (χ2v) is 12.3. The molecule has 0 atom stereocenters. The highest BCUT2D eigenvalue weighted by atomic mass is 15.0. The van der Waals surface area contributed by atoms with Crippen molar-refractivity contribution in [2.45, 2.75) is 139 Å². The van der Waals surface area contributed by atoms with Crippen molar-refractivity contribution in [3.05, 3.63) is 195 Å². The van der Waals surface area contributed by atoms with Gasteiger partial charge in [0.1, 0.15) is 0 Å². The zero-order valence-corrected chi connectivity index (χ0v) is 45.3. The molecule has 10 aromatic rings. The lowest BCUT2D eigenvalue weighted by molar-refractivity contribution is 1.13. The van der Waals surface area contributed by atoms with Crippen molar-refractivity contribution in [2.75, 3.05) is 0 Å². The minimum Gasteiger partial charge on any atom is -0.309 e. The van der Waals surface area contributed by atoms with Crippen molar-refractivity contribution in [1.82, 2.24) is 19.1 Å². The van der Waals surface area contributed by atoms with Gasteiger partial charge in [-0.1, -0.05) is 249 Å². The Morgan fingerprint density at radius 2 is 0.514 bits per heavy atom. The SMILES string of the molecule is C.C.CC.CC.CC.CC.CC.CC.CC.CC.CC.c1cc(-n2c3ccccc3c3ccccc32)cc(-n2c3ccccc3c3ccccc32)c1.c1cncc(-c2cccc(-c3cccnc3)c2)c1. The second kappa shape index (κ2) is 41.2. The van der Waals surface area contributed by atoms with Crippen LogP contribution in [0.15, 0.2) is 195 Å². The lowest BCUT2D eigenvalue weighted by atomic mass is 10.0. The van der Waals surface area contributed by atoms with E-state index in [4.69, 9.17) is 0 Å². The monoisotopic (exact) mass is 943 g/mol. The number of para-hydroxylation sites is 4. The van der Waals surface area contributed by atoms with Crippen molar-refractivity contribution in [3.8, 4) is 33.6 Å². The Balaban J connectivity index is -0.00000102. The molecule has 4 aromatic heterocycles. The lowest BCUT2D eigenvalue weighted by Crippen LogP contribution is -1.98. The second-order valence-electron chi connectivity index (χ2n) is 12.3. The van der Waals surface area contributed by atoms with Crippen LogP contribution in [0.2, 0.25) is 0 Å². The number of rotatable bonds is 4. The van der Waals surface area contributed by atoms with E-state index in [1.165, 1.54) is 66.1 Å². The number of hydrogen-bond acceptors (Lipinski definition) is 2. The van der Waals surface area contributed by atoms with Gasteiger partial charge in [-0.2, -0.15) is 0 Å². The molecule has 0 N–H and O–H groups in total. The predicted octanol–water partition coefficient (Wildman–Crippen LogP) is 22.2. The summed E-state index contributed by atoms with van der Waals surface area (Å²) >= 11 is 0. The average molecular weight is 944 g/mol. The first kappa shape index (κ1) is 67.5. The summed E-state index contributed by atoms with van der Waals surface area (Å²) in [5, 5.41) is 5.13. The van der Waals surface area contributed by atoms with Crippen LogP contribution < -0.4 is 0 Å². The zero-order valence-electron chi connectivity index (χ0n) is 45.3. The number of aromatic nitrogens is 4. The molecule has 0 spiro atoms. The van der Waals surface area contributed by atoms with E-state index in [2.05, 4.69) is 177 Å². The Labute approximate surface area is 428 Å². The standard InChI is InChI=1S/C30H20N2.C16H12N2.9C2H6.2CH4/c1-5-16-27-23(12-1)24-13-2-6-17-28(24)31(27)21-10-9-11-22(20-21)32-29-18-7-3-14-25(29)26-15-4-8-19-30(26)32;1-4-13(15-6-2-8-17-11-15)10-14(5-1)16-7-3-9-18-12-16;9*1-2;;/h1-20H;1-12H;9*1-2H3;2*1H4. The normalized spacial score (nSPS) is 8.77. The summed E-state index contributed by atoms with van der Waals surface area (Å²) in [7, 11) is 0. The van der Waals surface area contributed by atoms with Gasteiger partial charge in [0, 0.05) is 68.8 Å². The lowest BCUT2D eigenvalue weighted by Gasteiger charge is -2.12. The smallest absolute Gasteiger partial charge is 0.0541 e.